The smallest absolute Gasteiger partial charge is 0.366 e. The van der Waals surface area contributed by atoms with Crippen molar-refractivity contribution in [1.82, 2.24) is 0 Å². The van der Waals surface area contributed by atoms with Crippen molar-refractivity contribution in [2.45, 2.75) is 133 Å². The number of carbonyl (C=O) groups is 3. The van der Waals surface area contributed by atoms with Gasteiger partial charge in [-0.05, 0) is 54.7 Å². The van der Waals surface area contributed by atoms with Crippen molar-refractivity contribution in [1.29, 1.82) is 0 Å². The first-order chi connectivity index (χ1) is 32.7. The van der Waals surface area contributed by atoms with Crippen LogP contribution in [0, 0.1) is 28.1 Å². The molecule has 1 spiro atoms. The van der Waals surface area contributed by atoms with Crippen LogP contribution in [0.15, 0.2) is 78.5 Å². The summed E-state index contributed by atoms with van der Waals surface area (Å²) in [6.45, 7) is 15.6. The molecule has 4 saturated heterocycles. The van der Waals surface area contributed by atoms with Crippen LogP contribution in [0.3, 0.4) is 0 Å². The van der Waals surface area contributed by atoms with E-state index in [1.165, 1.54) is 33.1 Å². The van der Waals surface area contributed by atoms with Crippen LogP contribution in [0.2, 0.25) is 18.1 Å². The third-order valence-electron chi connectivity index (χ3n) is 16.5. The second-order valence-corrected chi connectivity index (χ2v) is 26.9. The Morgan fingerprint density at radius 1 is 0.928 bits per heavy atom. The Morgan fingerprint density at radius 2 is 1.55 bits per heavy atom. The molecule has 0 amide bonds. The number of hydrogen-bond acceptors (Lipinski definition) is 17. The van der Waals surface area contributed by atoms with Crippen LogP contribution >= 0.6 is 24.0 Å². The predicted octanol–water partition coefficient (Wildman–Crippen LogP) is 6.83. The summed E-state index contributed by atoms with van der Waals surface area (Å²) in [4.78, 5) is 46.2. The zero-order chi connectivity index (χ0) is 50.0. The molecule has 14 atom stereocenters. The van der Waals surface area contributed by atoms with E-state index in [1.54, 1.807) is 13.2 Å². The first-order valence-electron chi connectivity index (χ1n) is 23.4. The minimum Gasteiger partial charge on any atom is -0.472 e. The van der Waals surface area contributed by atoms with Gasteiger partial charge in [-0.1, -0.05) is 99.8 Å². The van der Waals surface area contributed by atoms with Crippen molar-refractivity contribution in [3.05, 3.63) is 89.7 Å². The highest BCUT2D eigenvalue weighted by atomic mass is 32.2. The summed E-state index contributed by atoms with van der Waals surface area (Å²) in [5.41, 5.74) is -1.66. The van der Waals surface area contributed by atoms with E-state index < -0.39 is 109 Å². The summed E-state index contributed by atoms with van der Waals surface area (Å²) in [5, 5.41) is 12.9. The van der Waals surface area contributed by atoms with Gasteiger partial charge in [0.25, 0.3) is 5.79 Å². The predicted molar refractivity (Wildman–Crippen MR) is 259 cm³/mol. The van der Waals surface area contributed by atoms with E-state index in [-0.39, 0.29) is 60.7 Å². The second kappa shape index (κ2) is 19.3. The number of aliphatic hydroxyl groups is 1. The van der Waals surface area contributed by atoms with E-state index in [0.29, 0.717) is 5.56 Å². The molecule has 0 bridgehead atoms. The standard InChI is InChI=1S/C51H66O15S2Si/c1-12-32(33-23-36(64-45(67)68-9)50(25-37(56-6)65-44(50)63-33)60-26-30-19-15-13-16-20-30)47(5)40(53)38-39-48(29-62-51(41(47)48,43(55)58-8)61-27-31-21-17-14-18-22-31)34(52)24-35(66-69(10,11)46(2,3)4)49(39,28-59-38)42(54)57-7/h13-22,33-39,41,44,52H,1,23-29H2,2-11H3/t33-,34-,35+,36-,37?,38+,39+,41?,44+,47+,48-,49-,50-,51-/m0/s1. The Labute approximate surface area is 415 Å². The van der Waals surface area contributed by atoms with Gasteiger partial charge in [-0.3, -0.25) is 9.59 Å². The van der Waals surface area contributed by atoms with Crippen LogP contribution in [-0.4, -0.2) is 131 Å². The molecule has 2 aromatic carbocycles. The number of carbonyl (C=O) groups excluding carboxylic acids is 3. The van der Waals surface area contributed by atoms with E-state index in [4.69, 9.17) is 64.0 Å². The molecular formula is C51H66O15S2Si. The molecule has 2 aromatic rings. The third-order valence-corrected chi connectivity index (χ3v) is 22.0. The highest BCUT2D eigenvalue weighted by Crippen LogP contribution is 2.74. The Bertz CT molecular complexity index is 2320. The summed E-state index contributed by atoms with van der Waals surface area (Å²) in [6.07, 6.45) is -5.67. The fourth-order valence-electron chi connectivity index (χ4n) is 12.2. The Hall–Kier alpha value is -3.33. The molecule has 6 aliphatic rings. The fraction of sp³-hybridized carbons (Fsp3) is 0.627. The number of aliphatic hydroxyl groups excluding tert-OH is 1. The number of hydrogen-bond donors (Lipinski definition) is 1. The van der Waals surface area contributed by atoms with E-state index in [1.807, 2.05) is 60.7 Å². The minimum atomic E-state index is -2.71. The highest BCUT2D eigenvalue weighted by Gasteiger charge is 2.87. The average Bonchev–Trinajstić information content (AvgIpc) is 4.04. The Morgan fingerprint density at radius 3 is 2.12 bits per heavy atom. The van der Waals surface area contributed by atoms with Gasteiger partial charge < -0.3 is 56.9 Å². The summed E-state index contributed by atoms with van der Waals surface area (Å²) < 4.78 is 71.6. The fourth-order valence-corrected chi connectivity index (χ4v) is 13.9. The van der Waals surface area contributed by atoms with Crippen LogP contribution in [-0.2, 0) is 79.4 Å². The molecule has 2 saturated carbocycles. The summed E-state index contributed by atoms with van der Waals surface area (Å²) in [6, 6.07) is 18.8. The number of benzene rings is 2. The molecule has 0 radical (unpaired) electrons. The molecule has 4 aliphatic heterocycles. The summed E-state index contributed by atoms with van der Waals surface area (Å²) >= 11 is 6.95. The minimum absolute atomic E-state index is 0.0230. The van der Waals surface area contributed by atoms with Gasteiger partial charge in [0.05, 0.1) is 70.3 Å². The molecule has 0 aromatic heterocycles. The van der Waals surface area contributed by atoms with Gasteiger partial charge in [-0.15, -0.1) is 5.73 Å². The lowest BCUT2D eigenvalue weighted by molar-refractivity contribution is -0.300. The van der Waals surface area contributed by atoms with Crippen LogP contribution in [0.1, 0.15) is 58.1 Å². The number of esters is 2. The number of thioether (sulfide) groups is 1. The number of ketones is 1. The van der Waals surface area contributed by atoms with Crippen molar-refractivity contribution in [2.24, 2.45) is 28.1 Å². The average molecular weight is 1010 g/mol. The molecule has 2 unspecified atom stereocenters. The normalized spacial score (nSPS) is 38.0. The molecule has 2 aliphatic carbocycles. The van der Waals surface area contributed by atoms with E-state index in [0.717, 1.165) is 5.56 Å². The molecule has 4 heterocycles. The van der Waals surface area contributed by atoms with Gasteiger partial charge in [0.2, 0.25) is 4.38 Å². The Balaban J connectivity index is 1.31. The van der Waals surface area contributed by atoms with Gasteiger partial charge in [-0.2, -0.15) is 0 Å². The van der Waals surface area contributed by atoms with Crippen molar-refractivity contribution in [2.75, 3.05) is 40.8 Å². The molecular weight excluding hydrogens is 945 g/mol. The zero-order valence-corrected chi connectivity index (χ0v) is 43.7. The Kier molecular flexibility index (Phi) is 14.5. The first-order valence-corrected chi connectivity index (χ1v) is 27.9. The van der Waals surface area contributed by atoms with Crippen molar-refractivity contribution < 1.29 is 71.3 Å². The third kappa shape index (κ3) is 8.14. The molecule has 8 rings (SSSR count). The van der Waals surface area contributed by atoms with E-state index >= 15 is 4.79 Å². The lowest BCUT2D eigenvalue weighted by Gasteiger charge is -2.63. The molecule has 18 heteroatoms. The van der Waals surface area contributed by atoms with Crippen LogP contribution in [0.5, 0.6) is 0 Å². The van der Waals surface area contributed by atoms with Crippen LogP contribution in [0.4, 0.5) is 0 Å². The van der Waals surface area contributed by atoms with Crippen molar-refractivity contribution in [3.63, 3.8) is 0 Å². The lowest BCUT2D eigenvalue weighted by Crippen LogP contribution is -2.76. The van der Waals surface area contributed by atoms with Gasteiger partial charge in [0.1, 0.15) is 17.6 Å². The van der Waals surface area contributed by atoms with E-state index in [2.05, 4.69) is 46.2 Å². The van der Waals surface area contributed by atoms with Gasteiger partial charge in [-0.25, -0.2) is 4.79 Å². The number of thiocarbonyl (C=S) groups is 1. The number of rotatable bonds is 14. The number of Topliss-reactive ketones (excluding diaryl/α,β-unsaturated/α-hetero) is 1. The topological polar surface area (TPSA) is 173 Å². The van der Waals surface area contributed by atoms with Gasteiger partial charge in [0.15, 0.2) is 32.3 Å². The number of ether oxygens (including phenoxy) is 10. The largest absolute Gasteiger partial charge is 0.472 e. The van der Waals surface area contributed by atoms with E-state index in [9.17, 15) is 14.7 Å². The lowest BCUT2D eigenvalue weighted by atomic mass is 9.39. The molecule has 69 heavy (non-hydrogen) atoms. The second-order valence-electron chi connectivity index (χ2n) is 20.8. The molecule has 15 nitrogen and oxygen atoms in total. The van der Waals surface area contributed by atoms with Crippen molar-refractivity contribution in [3.8, 4) is 0 Å². The van der Waals surface area contributed by atoms with Crippen LogP contribution < -0.4 is 0 Å². The summed E-state index contributed by atoms with van der Waals surface area (Å²) in [5.74, 6) is -7.16. The number of fused-ring (bicyclic) bond motifs is 1. The number of methoxy groups -OCH3 is 3. The highest BCUT2D eigenvalue weighted by molar-refractivity contribution is 8.22. The maximum atomic E-state index is 16.4. The molecule has 6 fully saturated rings. The molecule has 376 valence electrons. The maximum Gasteiger partial charge on any atom is 0.366 e. The zero-order valence-electron chi connectivity index (χ0n) is 41.1. The monoisotopic (exact) mass is 1010 g/mol. The van der Waals surface area contributed by atoms with Gasteiger partial charge in [0, 0.05) is 43.3 Å². The van der Waals surface area contributed by atoms with Gasteiger partial charge >= 0.3 is 11.9 Å². The SMILES string of the molecule is C=C=C([C@@H]1C[C@H](OC(=S)SC)[C@@]2(OCc3ccccc3)CC(OC)O[C@H]2O1)[C@]1(C)C(=O)[C@@H]2OC[C@]3(C(=O)OC)[C@H](O[Si](C)(C)C(C)(C)C)C[C@H](O)[C@@]4(CO[C@](OCc5ccccc5)(C(=O)OC)C14)[C@@H]23. The van der Waals surface area contributed by atoms with Crippen LogP contribution in [0.25, 0.3) is 0 Å². The maximum absolute atomic E-state index is 16.4. The first kappa shape index (κ1) is 52.0. The van der Waals surface area contributed by atoms with Crippen molar-refractivity contribution >= 4 is 54.4 Å². The summed E-state index contributed by atoms with van der Waals surface area (Å²) in [7, 11) is 1.31. The molecule has 1 N–H and O–H groups in total. The quantitative estimate of drug-likeness (QED) is 0.0902.